The summed E-state index contributed by atoms with van der Waals surface area (Å²) in [4.78, 5) is 22.5. The van der Waals surface area contributed by atoms with Crippen molar-refractivity contribution < 1.29 is 9.59 Å². The maximum absolute atomic E-state index is 11.5. The third kappa shape index (κ3) is 8.37. The van der Waals surface area contributed by atoms with Crippen LogP contribution in [-0.4, -0.2) is 22.9 Å². The highest BCUT2D eigenvalue weighted by Gasteiger charge is 2.26. The van der Waals surface area contributed by atoms with Gasteiger partial charge in [0, 0.05) is 0 Å². The molecule has 0 bridgehead atoms. The summed E-state index contributed by atoms with van der Waals surface area (Å²) in [6, 6.07) is 0. The number of allylic oxidation sites excluding steroid dienone is 2. The summed E-state index contributed by atoms with van der Waals surface area (Å²) in [5.74, 6) is -0.622. The summed E-state index contributed by atoms with van der Waals surface area (Å²) in [7, 11) is 0. The van der Waals surface area contributed by atoms with E-state index in [4.69, 9.17) is 17.2 Å². The molecular weight excluding hydrogens is 383 g/mol. The Balaban J connectivity index is 3.81. The van der Waals surface area contributed by atoms with Gasteiger partial charge in [0.2, 0.25) is 11.8 Å². The number of unbranched alkanes of at least 4 members (excludes halogenated alkanes) is 2. The first-order chi connectivity index (χ1) is 9.63. The van der Waals surface area contributed by atoms with Gasteiger partial charge in [-0.1, -0.05) is 12.2 Å². The molecule has 0 aromatic heterocycles. The maximum atomic E-state index is 11.5. The van der Waals surface area contributed by atoms with Crippen molar-refractivity contribution in [3.05, 3.63) is 12.2 Å². The number of hydrogen-bond acceptors (Lipinski definition) is 4. The van der Waals surface area contributed by atoms with Gasteiger partial charge in [-0.05, 0) is 52.4 Å². The van der Waals surface area contributed by atoms with E-state index in [1.54, 1.807) is 36.7 Å². The summed E-state index contributed by atoms with van der Waals surface area (Å²) in [6.07, 6.45) is 8.73. The normalized spacial score (nSPS) is 17.2. The maximum Gasteiger partial charge on any atom is 0.248 e. The van der Waals surface area contributed by atoms with Crippen LogP contribution in [0.2, 0.25) is 0 Å². The predicted octanol–water partition coefficient (Wildman–Crippen LogP) is 1.27. The van der Waals surface area contributed by atoms with Crippen molar-refractivity contribution in [3.63, 3.8) is 0 Å². The number of nitrogens with one attached hydrogen (secondary N) is 1. The zero-order chi connectivity index (χ0) is 16.5. The molecule has 6 nitrogen and oxygen atoms in total. The monoisotopic (exact) mass is 410 g/mol. The van der Waals surface area contributed by atoms with Gasteiger partial charge in [0.25, 0.3) is 0 Å². The minimum atomic E-state index is -0.929. The van der Waals surface area contributed by atoms with Crippen LogP contribution in [0, 0.1) is 0 Å². The fourth-order valence-electron chi connectivity index (χ4n) is 1.75. The molecule has 0 rings (SSSR count). The summed E-state index contributed by atoms with van der Waals surface area (Å²) in [5.41, 5.74) is 15.1. The fraction of sp³-hybridized carbons (Fsp3) is 0.714. The quantitative estimate of drug-likeness (QED) is 0.187. The van der Waals surface area contributed by atoms with Gasteiger partial charge in [0.1, 0.15) is 0 Å². The van der Waals surface area contributed by atoms with E-state index in [9.17, 15) is 9.59 Å². The third-order valence-corrected chi connectivity index (χ3v) is 3.96. The summed E-state index contributed by atoms with van der Waals surface area (Å²) >= 11 is 1.80. The van der Waals surface area contributed by atoms with Crippen LogP contribution in [-0.2, 0) is 9.59 Å². The van der Waals surface area contributed by atoms with E-state index in [1.165, 1.54) is 0 Å². The average molecular weight is 410 g/mol. The van der Waals surface area contributed by atoms with Gasteiger partial charge in [-0.15, -0.1) is 0 Å². The molecule has 0 radical (unpaired) electrons. The summed E-state index contributed by atoms with van der Waals surface area (Å²) < 4.78 is 2.54. The average Bonchev–Trinajstić information content (AvgIpc) is 2.40. The van der Waals surface area contributed by atoms with E-state index in [0.29, 0.717) is 12.8 Å². The summed E-state index contributed by atoms with van der Waals surface area (Å²) in [6.45, 7) is 3.38. The van der Waals surface area contributed by atoms with E-state index >= 15 is 0 Å². The van der Waals surface area contributed by atoms with Crippen molar-refractivity contribution in [1.82, 2.24) is 3.53 Å². The van der Waals surface area contributed by atoms with Gasteiger partial charge in [0.15, 0.2) is 0 Å². The zero-order valence-electron chi connectivity index (χ0n) is 12.8. The first-order valence-electron chi connectivity index (χ1n) is 7.07. The highest BCUT2D eigenvalue weighted by atomic mass is 127. The molecule has 0 aromatic rings. The van der Waals surface area contributed by atoms with Crippen molar-refractivity contribution in [2.24, 2.45) is 17.2 Å². The molecule has 0 heterocycles. The van der Waals surface area contributed by atoms with Crippen LogP contribution >= 0.6 is 22.9 Å². The lowest BCUT2D eigenvalue weighted by Crippen LogP contribution is -2.49. The topological polar surface area (TPSA) is 124 Å². The van der Waals surface area contributed by atoms with Crippen LogP contribution in [0.1, 0.15) is 52.4 Å². The molecule has 2 amide bonds. The highest BCUT2D eigenvalue weighted by molar-refractivity contribution is 14.1. The van der Waals surface area contributed by atoms with Crippen molar-refractivity contribution in [3.8, 4) is 0 Å². The Kier molecular flexibility index (Phi) is 9.07. The fourth-order valence-corrected chi connectivity index (χ4v) is 2.37. The SMILES string of the molecule is C[C@](N)(CCC/C=C/CCC[C@](C)(N)C(=O)NI)C(N)=O. The molecule has 0 fully saturated rings. The van der Waals surface area contributed by atoms with Crippen molar-refractivity contribution in [2.45, 2.75) is 63.5 Å². The smallest absolute Gasteiger partial charge is 0.248 e. The zero-order valence-corrected chi connectivity index (χ0v) is 15.0. The van der Waals surface area contributed by atoms with E-state index in [-0.39, 0.29) is 5.91 Å². The molecule has 0 aliphatic carbocycles. The Morgan fingerprint density at radius 1 is 1.05 bits per heavy atom. The van der Waals surface area contributed by atoms with Gasteiger partial charge in [-0.25, -0.2) is 0 Å². The number of carbonyl (C=O) groups is 2. The van der Waals surface area contributed by atoms with Gasteiger partial charge in [-0.3, -0.25) is 13.1 Å². The molecule has 0 spiro atoms. The van der Waals surface area contributed by atoms with E-state index in [0.717, 1.165) is 25.7 Å². The van der Waals surface area contributed by atoms with Crippen LogP contribution in [0.3, 0.4) is 0 Å². The second kappa shape index (κ2) is 9.37. The van der Waals surface area contributed by atoms with E-state index in [2.05, 4.69) is 15.7 Å². The molecule has 0 aliphatic rings. The largest absolute Gasteiger partial charge is 0.368 e. The Labute approximate surface area is 140 Å². The van der Waals surface area contributed by atoms with Crippen LogP contribution in [0.25, 0.3) is 0 Å². The first-order valence-corrected chi connectivity index (χ1v) is 8.15. The minimum absolute atomic E-state index is 0.152. The van der Waals surface area contributed by atoms with Crippen LogP contribution < -0.4 is 20.7 Å². The van der Waals surface area contributed by atoms with E-state index < -0.39 is 17.0 Å². The third-order valence-electron chi connectivity index (χ3n) is 3.47. The molecule has 7 heteroatoms. The van der Waals surface area contributed by atoms with Crippen LogP contribution in [0.4, 0.5) is 0 Å². The molecule has 7 N–H and O–H groups in total. The number of amides is 2. The number of halogens is 1. The number of rotatable bonds is 10. The van der Waals surface area contributed by atoms with Gasteiger partial charge < -0.3 is 17.2 Å². The predicted molar refractivity (Wildman–Crippen MR) is 93.4 cm³/mol. The van der Waals surface area contributed by atoms with Crippen molar-refractivity contribution in [1.29, 1.82) is 0 Å². The number of carbonyl (C=O) groups excluding carboxylic acids is 2. The Morgan fingerprint density at radius 2 is 1.48 bits per heavy atom. The number of hydrogen-bond donors (Lipinski definition) is 4. The highest BCUT2D eigenvalue weighted by Crippen LogP contribution is 2.13. The van der Waals surface area contributed by atoms with Crippen LogP contribution in [0.15, 0.2) is 12.2 Å². The number of primary amides is 1. The second-order valence-corrected chi connectivity index (χ2v) is 6.42. The van der Waals surface area contributed by atoms with Gasteiger partial charge >= 0.3 is 0 Å². The molecule has 0 saturated carbocycles. The Bertz CT molecular complexity index is 381. The molecule has 0 saturated heterocycles. The second-order valence-electron chi connectivity index (χ2n) is 5.88. The Morgan fingerprint density at radius 3 is 1.86 bits per heavy atom. The van der Waals surface area contributed by atoms with E-state index in [1.807, 2.05) is 0 Å². The molecule has 0 aromatic carbocycles. The lowest BCUT2D eigenvalue weighted by molar-refractivity contribution is -0.124. The molecule has 0 aliphatic heterocycles. The lowest BCUT2D eigenvalue weighted by Gasteiger charge is -2.21. The molecule has 2 atom stereocenters. The van der Waals surface area contributed by atoms with Gasteiger partial charge in [-0.2, -0.15) is 0 Å². The molecule has 21 heavy (non-hydrogen) atoms. The lowest BCUT2D eigenvalue weighted by atomic mass is 9.94. The van der Waals surface area contributed by atoms with Crippen LogP contribution in [0.5, 0.6) is 0 Å². The van der Waals surface area contributed by atoms with Crippen molar-refractivity contribution >= 4 is 34.7 Å². The minimum Gasteiger partial charge on any atom is -0.368 e. The first kappa shape index (κ1) is 20.3. The van der Waals surface area contributed by atoms with Crippen molar-refractivity contribution in [2.75, 3.05) is 0 Å². The molecule has 0 unspecified atom stereocenters. The molecule has 122 valence electrons. The standard InChI is InChI=1S/C14H27IN4O2/c1-13(17,11(16)20)9-7-5-3-4-6-8-10-14(2,18)12(21)19-15/h3-4H,5-10,17-18H2,1-2H3,(H2,16,20)(H,19,21)/b4-3+/t13-,14-/m0/s1. The summed E-state index contributed by atoms with van der Waals surface area (Å²) in [5, 5.41) is 0. The Hall–Kier alpha value is -0.670. The van der Waals surface area contributed by atoms with Gasteiger partial charge in [0.05, 0.1) is 33.9 Å². The molecular formula is C14H27IN4O2. The number of nitrogens with two attached hydrogens (primary N) is 3.